The molecule has 5 heteroatoms. The molecule has 1 aromatic heterocycles. The standard InChI is InChI=1S/C18H21NO3S/c1-3-22-16-8-6-14(11-13(16)2)12-19-18(21)9-7-15(20)17-5-4-10-23-17/h4-6,8,10-11H,3,7,9,12H2,1-2H3,(H,19,21). The molecule has 23 heavy (non-hydrogen) atoms. The third-order valence-corrected chi connectivity index (χ3v) is 4.31. The highest BCUT2D eigenvalue weighted by molar-refractivity contribution is 7.12. The van der Waals surface area contributed by atoms with Crippen LogP contribution in [0.1, 0.15) is 40.6 Å². The van der Waals surface area contributed by atoms with Crippen molar-refractivity contribution in [3.8, 4) is 5.75 Å². The molecule has 0 unspecified atom stereocenters. The Labute approximate surface area is 140 Å². The van der Waals surface area contributed by atoms with Crippen LogP contribution < -0.4 is 10.1 Å². The Morgan fingerprint density at radius 2 is 2.04 bits per heavy atom. The Bertz CT molecular complexity index is 665. The van der Waals surface area contributed by atoms with Crippen molar-refractivity contribution in [2.75, 3.05) is 6.61 Å². The van der Waals surface area contributed by atoms with E-state index in [0.717, 1.165) is 16.9 Å². The van der Waals surface area contributed by atoms with Gasteiger partial charge in [0.15, 0.2) is 5.78 Å². The second kappa shape index (κ2) is 8.48. The summed E-state index contributed by atoms with van der Waals surface area (Å²) in [7, 11) is 0. The number of amides is 1. The molecule has 1 amide bonds. The average molecular weight is 331 g/mol. The molecule has 0 fully saturated rings. The maximum atomic E-state index is 11.9. The summed E-state index contributed by atoms with van der Waals surface area (Å²) in [5.74, 6) is 0.776. The predicted octanol–water partition coefficient (Wildman–Crippen LogP) is 3.73. The number of Topliss-reactive ketones (excluding diaryl/α,β-unsaturated/α-hetero) is 1. The van der Waals surface area contributed by atoms with Crippen LogP contribution in [-0.2, 0) is 11.3 Å². The Hall–Kier alpha value is -2.14. The first-order valence-electron chi connectivity index (χ1n) is 7.66. The lowest BCUT2D eigenvalue weighted by Gasteiger charge is -2.10. The number of rotatable bonds is 8. The second-order valence-electron chi connectivity index (χ2n) is 5.21. The van der Waals surface area contributed by atoms with Crippen LogP contribution in [-0.4, -0.2) is 18.3 Å². The third-order valence-electron chi connectivity index (χ3n) is 3.40. The molecule has 1 aromatic carbocycles. The molecule has 0 aliphatic rings. The number of hydrogen-bond acceptors (Lipinski definition) is 4. The fourth-order valence-corrected chi connectivity index (χ4v) is 2.91. The van der Waals surface area contributed by atoms with Crippen molar-refractivity contribution in [1.29, 1.82) is 0 Å². The molecule has 0 atom stereocenters. The number of carbonyl (C=O) groups excluding carboxylic acids is 2. The molecule has 0 spiro atoms. The van der Waals surface area contributed by atoms with Gasteiger partial charge in [-0.1, -0.05) is 18.2 Å². The van der Waals surface area contributed by atoms with Crippen LogP contribution in [0.25, 0.3) is 0 Å². The van der Waals surface area contributed by atoms with Crippen molar-refractivity contribution in [3.63, 3.8) is 0 Å². The summed E-state index contributed by atoms with van der Waals surface area (Å²) in [6.45, 7) is 5.02. The topological polar surface area (TPSA) is 55.4 Å². The first-order valence-corrected chi connectivity index (χ1v) is 8.54. The van der Waals surface area contributed by atoms with E-state index in [1.165, 1.54) is 11.3 Å². The van der Waals surface area contributed by atoms with Crippen molar-refractivity contribution < 1.29 is 14.3 Å². The molecule has 1 heterocycles. The summed E-state index contributed by atoms with van der Waals surface area (Å²) in [6, 6.07) is 9.48. The lowest BCUT2D eigenvalue weighted by Crippen LogP contribution is -2.23. The van der Waals surface area contributed by atoms with E-state index < -0.39 is 0 Å². The molecule has 0 saturated carbocycles. The van der Waals surface area contributed by atoms with Gasteiger partial charge in [0.2, 0.25) is 5.91 Å². The summed E-state index contributed by atoms with van der Waals surface area (Å²) in [4.78, 5) is 24.4. The van der Waals surface area contributed by atoms with Gasteiger partial charge in [0.25, 0.3) is 0 Å². The maximum Gasteiger partial charge on any atom is 0.220 e. The molecule has 122 valence electrons. The van der Waals surface area contributed by atoms with Gasteiger partial charge in [-0.25, -0.2) is 0 Å². The minimum atomic E-state index is -0.110. The molecule has 2 rings (SSSR count). The van der Waals surface area contributed by atoms with Gasteiger partial charge in [0.05, 0.1) is 11.5 Å². The fourth-order valence-electron chi connectivity index (χ4n) is 2.22. The lowest BCUT2D eigenvalue weighted by molar-refractivity contribution is -0.121. The largest absolute Gasteiger partial charge is 0.494 e. The van der Waals surface area contributed by atoms with Crippen LogP contribution in [0.15, 0.2) is 35.7 Å². The van der Waals surface area contributed by atoms with Crippen LogP contribution in [0.5, 0.6) is 5.75 Å². The summed E-state index contributed by atoms with van der Waals surface area (Å²) in [5.41, 5.74) is 2.07. The van der Waals surface area contributed by atoms with Crippen LogP contribution >= 0.6 is 11.3 Å². The van der Waals surface area contributed by atoms with E-state index in [9.17, 15) is 9.59 Å². The van der Waals surface area contributed by atoms with Gasteiger partial charge < -0.3 is 10.1 Å². The smallest absolute Gasteiger partial charge is 0.220 e. The van der Waals surface area contributed by atoms with E-state index in [1.54, 1.807) is 6.07 Å². The predicted molar refractivity (Wildman–Crippen MR) is 92.1 cm³/mol. The van der Waals surface area contributed by atoms with Crippen LogP contribution in [0.4, 0.5) is 0 Å². The Morgan fingerprint density at radius 1 is 1.22 bits per heavy atom. The highest BCUT2D eigenvalue weighted by atomic mass is 32.1. The third kappa shape index (κ3) is 5.21. The zero-order valence-electron chi connectivity index (χ0n) is 13.4. The van der Waals surface area contributed by atoms with Crippen molar-refractivity contribution in [2.24, 2.45) is 0 Å². The molecule has 0 aliphatic carbocycles. The van der Waals surface area contributed by atoms with Gasteiger partial charge in [-0.05, 0) is 42.5 Å². The maximum absolute atomic E-state index is 11.9. The number of ether oxygens (including phenoxy) is 1. The van der Waals surface area contributed by atoms with Crippen molar-refractivity contribution >= 4 is 23.0 Å². The zero-order valence-corrected chi connectivity index (χ0v) is 14.2. The molecular weight excluding hydrogens is 310 g/mol. The molecule has 4 nitrogen and oxygen atoms in total. The molecular formula is C18H21NO3S. The minimum absolute atomic E-state index is 0.0204. The number of ketones is 1. The number of carbonyl (C=O) groups is 2. The van der Waals surface area contributed by atoms with Crippen LogP contribution in [0, 0.1) is 6.92 Å². The van der Waals surface area contributed by atoms with Gasteiger partial charge in [0, 0.05) is 19.4 Å². The highest BCUT2D eigenvalue weighted by Crippen LogP contribution is 2.19. The normalized spacial score (nSPS) is 10.3. The fraction of sp³-hybridized carbons (Fsp3) is 0.333. The number of hydrogen-bond donors (Lipinski definition) is 1. The first kappa shape index (κ1) is 17.2. The Kier molecular flexibility index (Phi) is 6.35. The van der Waals surface area contributed by atoms with Gasteiger partial charge >= 0.3 is 0 Å². The van der Waals surface area contributed by atoms with Gasteiger partial charge in [-0.15, -0.1) is 11.3 Å². The van der Waals surface area contributed by atoms with Crippen molar-refractivity contribution in [2.45, 2.75) is 33.2 Å². The number of aryl methyl sites for hydroxylation is 1. The van der Waals surface area contributed by atoms with Crippen molar-refractivity contribution in [1.82, 2.24) is 5.32 Å². The summed E-state index contributed by atoms with van der Waals surface area (Å²) in [5, 5.41) is 4.71. The monoisotopic (exact) mass is 331 g/mol. The molecule has 0 saturated heterocycles. The molecule has 0 aliphatic heterocycles. The average Bonchev–Trinajstić information content (AvgIpc) is 3.07. The summed E-state index contributed by atoms with van der Waals surface area (Å²) in [6.07, 6.45) is 0.460. The SMILES string of the molecule is CCOc1ccc(CNC(=O)CCC(=O)c2cccs2)cc1C. The van der Waals surface area contributed by atoms with Crippen LogP contribution in [0.2, 0.25) is 0 Å². The molecule has 1 N–H and O–H groups in total. The van der Waals surface area contributed by atoms with Gasteiger partial charge in [-0.2, -0.15) is 0 Å². The Balaban J connectivity index is 1.78. The van der Waals surface area contributed by atoms with E-state index in [1.807, 2.05) is 43.5 Å². The molecule has 0 radical (unpaired) electrons. The minimum Gasteiger partial charge on any atom is -0.494 e. The summed E-state index contributed by atoms with van der Waals surface area (Å²) >= 11 is 1.41. The Morgan fingerprint density at radius 3 is 2.70 bits per heavy atom. The quantitative estimate of drug-likeness (QED) is 0.750. The molecule has 2 aromatic rings. The molecule has 0 bridgehead atoms. The van der Waals surface area contributed by atoms with Gasteiger partial charge in [-0.3, -0.25) is 9.59 Å². The van der Waals surface area contributed by atoms with E-state index in [2.05, 4.69) is 5.32 Å². The van der Waals surface area contributed by atoms with E-state index >= 15 is 0 Å². The van der Waals surface area contributed by atoms with E-state index in [4.69, 9.17) is 4.74 Å². The second-order valence-corrected chi connectivity index (χ2v) is 6.16. The van der Waals surface area contributed by atoms with Crippen molar-refractivity contribution in [3.05, 3.63) is 51.7 Å². The van der Waals surface area contributed by atoms with Gasteiger partial charge in [0.1, 0.15) is 5.75 Å². The van der Waals surface area contributed by atoms with Crippen LogP contribution in [0.3, 0.4) is 0 Å². The zero-order chi connectivity index (χ0) is 16.7. The number of benzene rings is 1. The highest BCUT2D eigenvalue weighted by Gasteiger charge is 2.10. The first-order chi connectivity index (χ1) is 11.1. The lowest BCUT2D eigenvalue weighted by atomic mass is 10.1. The number of thiophene rings is 1. The van der Waals surface area contributed by atoms with E-state index in [-0.39, 0.29) is 24.5 Å². The summed E-state index contributed by atoms with van der Waals surface area (Å²) < 4.78 is 5.49. The van der Waals surface area contributed by atoms with E-state index in [0.29, 0.717) is 18.0 Å². The number of nitrogens with one attached hydrogen (secondary N) is 1.